The van der Waals surface area contributed by atoms with Crippen molar-refractivity contribution in [2.45, 2.75) is 57.2 Å². The maximum Gasteiger partial charge on any atom is 0.408 e. The van der Waals surface area contributed by atoms with Crippen molar-refractivity contribution in [2.24, 2.45) is 0 Å². The van der Waals surface area contributed by atoms with Crippen LogP contribution in [0.5, 0.6) is 5.75 Å². The van der Waals surface area contributed by atoms with E-state index in [9.17, 15) is 22.4 Å². The minimum atomic E-state index is -4.48. The zero-order chi connectivity index (χ0) is 25.6. The van der Waals surface area contributed by atoms with Gasteiger partial charge in [0.05, 0.1) is 16.8 Å². The molecule has 1 amide bonds. The summed E-state index contributed by atoms with van der Waals surface area (Å²) in [6.07, 6.45) is -4.44. The Labute approximate surface area is 214 Å². The summed E-state index contributed by atoms with van der Waals surface area (Å²) in [5, 5.41) is 3.45. The summed E-state index contributed by atoms with van der Waals surface area (Å²) in [5.41, 5.74) is 2.72. The number of likely N-dealkylation sites (tertiary alicyclic amines) is 1. The van der Waals surface area contributed by atoms with Crippen LogP contribution in [0.25, 0.3) is 21.3 Å². The van der Waals surface area contributed by atoms with Crippen LogP contribution in [-0.4, -0.2) is 53.4 Å². The van der Waals surface area contributed by atoms with Gasteiger partial charge in [-0.25, -0.2) is 4.39 Å². The first-order valence-corrected chi connectivity index (χ1v) is 12.9. The van der Waals surface area contributed by atoms with Crippen LogP contribution in [-0.2, 0) is 11.3 Å². The molecule has 0 radical (unpaired) electrons. The highest BCUT2D eigenvalue weighted by Gasteiger charge is 2.46. The smallest absolute Gasteiger partial charge is 0.408 e. The molecule has 1 N–H and O–H groups in total. The van der Waals surface area contributed by atoms with Gasteiger partial charge >= 0.3 is 6.18 Å². The Morgan fingerprint density at radius 2 is 2.06 bits per heavy atom. The van der Waals surface area contributed by atoms with Crippen LogP contribution in [0.4, 0.5) is 17.6 Å². The second-order valence-corrected chi connectivity index (χ2v) is 10.8. The number of carbonyl (C=O) groups is 1. The second-order valence-electron chi connectivity index (χ2n) is 9.19. The summed E-state index contributed by atoms with van der Waals surface area (Å²) < 4.78 is 62.0. The molecule has 1 unspecified atom stereocenters. The molecule has 3 aromatic rings. The number of nitrogens with zero attached hydrogens (tertiary/aromatic N) is 2. The number of hydrogen-bond acceptors (Lipinski definition) is 5. The number of piperidine rings is 1. The van der Waals surface area contributed by atoms with Gasteiger partial charge in [0.1, 0.15) is 17.9 Å². The van der Waals surface area contributed by atoms with Gasteiger partial charge in [-0.15, -0.1) is 11.3 Å². The molecule has 1 aromatic carbocycles. The predicted molar refractivity (Wildman–Crippen MR) is 131 cm³/mol. The fourth-order valence-corrected chi connectivity index (χ4v) is 6.29. The Morgan fingerprint density at radius 1 is 1.25 bits per heavy atom. The van der Waals surface area contributed by atoms with Crippen molar-refractivity contribution in [3.8, 4) is 16.9 Å². The van der Waals surface area contributed by atoms with Crippen LogP contribution in [0, 0.1) is 6.92 Å². The zero-order valence-corrected chi connectivity index (χ0v) is 20.9. The molecule has 2 aromatic heterocycles. The lowest BCUT2D eigenvalue weighted by Gasteiger charge is -2.36. The average molecular weight is 542 g/mol. The van der Waals surface area contributed by atoms with Gasteiger partial charge in [0.2, 0.25) is 5.91 Å². The molecule has 5 nitrogen and oxygen atoms in total. The van der Waals surface area contributed by atoms with Crippen LogP contribution in [0.2, 0.25) is 5.02 Å². The normalized spacial score (nSPS) is 23.0. The first-order chi connectivity index (χ1) is 17.1. The standard InChI is InChI=1S/C25H24ClF4N3O2S/c1-13-7-14(26)8-17(23(13)35-20-11-31-10-18(20)27)16-5-6-32-19-9-15(36-24(16)19)12-33-21(25(28,29)30)3-2-4-22(33)34/h5-9,18,20-21,31H,2-4,10-12H2,1H3/t18-,20+,21?/m0/s1. The highest BCUT2D eigenvalue weighted by molar-refractivity contribution is 7.19. The number of ether oxygens (including phenoxy) is 1. The fourth-order valence-electron chi connectivity index (χ4n) is 4.88. The molecule has 4 heterocycles. The van der Waals surface area contributed by atoms with E-state index in [1.165, 1.54) is 11.3 Å². The quantitative estimate of drug-likeness (QED) is 0.399. The first-order valence-electron chi connectivity index (χ1n) is 11.7. The van der Waals surface area contributed by atoms with Crippen LogP contribution < -0.4 is 10.1 Å². The lowest BCUT2D eigenvalue weighted by Crippen LogP contribution is -2.50. The summed E-state index contributed by atoms with van der Waals surface area (Å²) in [6.45, 7) is 2.28. The van der Waals surface area contributed by atoms with Crippen molar-refractivity contribution in [2.75, 3.05) is 13.1 Å². The molecule has 192 valence electrons. The number of nitrogens with one attached hydrogen (secondary N) is 1. The Bertz CT molecular complexity index is 1300. The molecule has 5 rings (SSSR count). The van der Waals surface area contributed by atoms with Crippen LogP contribution >= 0.6 is 22.9 Å². The number of carbonyl (C=O) groups excluding carboxylic acids is 1. The molecule has 11 heteroatoms. The Hall–Kier alpha value is -2.43. The van der Waals surface area contributed by atoms with Crippen molar-refractivity contribution in [3.05, 3.63) is 45.9 Å². The van der Waals surface area contributed by atoms with Gasteiger partial charge in [0.15, 0.2) is 6.17 Å². The molecule has 2 fully saturated rings. The number of thiophene rings is 1. The third-order valence-electron chi connectivity index (χ3n) is 6.62. The number of amides is 1. The average Bonchev–Trinajstić information content (AvgIpc) is 3.41. The topological polar surface area (TPSA) is 54.5 Å². The molecule has 36 heavy (non-hydrogen) atoms. The number of aromatic nitrogens is 1. The lowest BCUT2D eigenvalue weighted by atomic mass is 10.0. The molecule has 2 aliphatic rings. The van der Waals surface area contributed by atoms with Gasteiger partial charge in [-0.1, -0.05) is 11.6 Å². The second kappa shape index (κ2) is 9.79. The molecular weight excluding hydrogens is 518 g/mol. The maximum absolute atomic E-state index is 14.3. The molecule has 2 saturated heterocycles. The zero-order valence-electron chi connectivity index (χ0n) is 19.4. The largest absolute Gasteiger partial charge is 0.485 e. The number of hydrogen-bond donors (Lipinski definition) is 1. The molecule has 3 atom stereocenters. The minimum absolute atomic E-state index is 0.0995. The summed E-state index contributed by atoms with van der Waals surface area (Å²) in [6, 6.07) is 5.19. The molecule has 0 aliphatic carbocycles. The number of pyridine rings is 1. The van der Waals surface area contributed by atoms with Crippen molar-refractivity contribution in [1.82, 2.24) is 15.2 Å². The van der Waals surface area contributed by atoms with E-state index in [4.69, 9.17) is 16.3 Å². The Kier molecular flexibility index (Phi) is 6.86. The van der Waals surface area contributed by atoms with E-state index in [0.29, 0.717) is 33.3 Å². The number of fused-ring (bicyclic) bond motifs is 1. The van der Waals surface area contributed by atoms with E-state index in [1.54, 1.807) is 30.5 Å². The van der Waals surface area contributed by atoms with Crippen molar-refractivity contribution < 1.29 is 27.1 Å². The van der Waals surface area contributed by atoms with Gasteiger partial charge in [-0.2, -0.15) is 13.2 Å². The number of benzene rings is 1. The van der Waals surface area contributed by atoms with E-state index in [2.05, 4.69) is 10.3 Å². The fraction of sp³-hybridized carbons (Fsp3) is 0.440. The van der Waals surface area contributed by atoms with Crippen molar-refractivity contribution in [1.29, 1.82) is 0 Å². The van der Waals surface area contributed by atoms with E-state index in [-0.39, 0.29) is 32.4 Å². The monoisotopic (exact) mass is 541 g/mol. The third-order valence-corrected chi connectivity index (χ3v) is 7.98. The summed E-state index contributed by atoms with van der Waals surface area (Å²) in [7, 11) is 0. The molecule has 2 aliphatic heterocycles. The van der Waals surface area contributed by atoms with E-state index < -0.39 is 30.4 Å². The highest BCUT2D eigenvalue weighted by atomic mass is 35.5. The SMILES string of the molecule is Cc1cc(Cl)cc(-c2ccnc3cc(CN4C(=O)CCCC4C(F)(F)F)sc23)c1O[C@@H]1CNC[C@@H]1F. The summed E-state index contributed by atoms with van der Waals surface area (Å²) in [5.74, 6) is 0.00265. The molecular formula is C25H24ClF4N3O2S. The van der Waals surface area contributed by atoms with Crippen LogP contribution in [0.1, 0.15) is 29.7 Å². The van der Waals surface area contributed by atoms with E-state index >= 15 is 0 Å². The van der Waals surface area contributed by atoms with Gasteiger partial charge in [-0.3, -0.25) is 9.78 Å². The number of alkyl halides is 4. The van der Waals surface area contributed by atoms with Gasteiger partial charge in [0.25, 0.3) is 0 Å². The number of halogens is 5. The predicted octanol–water partition coefficient (Wildman–Crippen LogP) is 6.06. The summed E-state index contributed by atoms with van der Waals surface area (Å²) >= 11 is 7.65. The van der Waals surface area contributed by atoms with E-state index in [0.717, 1.165) is 20.7 Å². The molecule has 0 bridgehead atoms. The maximum atomic E-state index is 14.3. The van der Waals surface area contributed by atoms with Crippen LogP contribution in [0.3, 0.4) is 0 Å². The molecule has 0 saturated carbocycles. The van der Waals surface area contributed by atoms with Gasteiger partial charge in [-0.05, 0) is 49.6 Å². The first kappa shape index (κ1) is 25.2. The number of rotatable bonds is 5. The van der Waals surface area contributed by atoms with Gasteiger partial charge in [0, 0.05) is 46.7 Å². The Morgan fingerprint density at radius 3 is 2.78 bits per heavy atom. The minimum Gasteiger partial charge on any atom is -0.485 e. The van der Waals surface area contributed by atoms with Gasteiger partial charge < -0.3 is 15.0 Å². The third kappa shape index (κ3) is 4.90. The van der Waals surface area contributed by atoms with Crippen LogP contribution in [0.15, 0.2) is 30.5 Å². The van der Waals surface area contributed by atoms with E-state index in [1.807, 2.05) is 6.92 Å². The molecule has 0 spiro atoms. The number of aryl methyl sites for hydroxylation is 1. The van der Waals surface area contributed by atoms with Crippen molar-refractivity contribution >= 4 is 39.1 Å². The van der Waals surface area contributed by atoms with Crippen molar-refractivity contribution in [3.63, 3.8) is 0 Å². The highest BCUT2D eigenvalue weighted by Crippen LogP contribution is 2.43. The Balaban J connectivity index is 1.53. The lowest BCUT2D eigenvalue weighted by molar-refractivity contribution is -0.197. The summed E-state index contributed by atoms with van der Waals surface area (Å²) in [4.78, 5) is 18.3.